The van der Waals surface area contributed by atoms with Crippen LogP contribution < -0.4 is 0 Å². The van der Waals surface area contributed by atoms with Gasteiger partial charge in [0.1, 0.15) is 5.78 Å². The summed E-state index contributed by atoms with van der Waals surface area (Å²) >= 11 is 0. The number of rotatable bonds is 4. The molecule has 1 atom stereocenters. The highest BCUT2D eigenvalue weighted by molar-refractivity contribution is 5.82. The van der Waals surface area contributed by atoms with E-state index in [1.807, 2.05) is 0 Å². The zero-order chi connectivity index (χ0) is 12.3. The van der Waals surface area contributed by atoms with E-state index in [0.29, 0.717) is 12.2 Å². The maximum absolute atomic E-state index is 12.2. The maximum Gasteiger partial charge on any atom is 0.137 e. The molecule has 1 unspecified atom stereocenters. The second-order valence-corrected chi connectivity index (χ2v) is 6.91. The summed E-state index contributed by atoms with van der Waals surface area (Å²) in [6, 6.07) is 0. The Labute approximate surface area is 95.6 Å². The molecule has 0 rings (SSSR count). The molecule has 0 aromatic rings. The van der Waals surface area contributed by atoms with E-state index in [2.05, 4.69) is 48.5 Å². The zero-order valence-electron chi connectivity index (χ0n) is 11.6. The van der Waals surface area contributed by atoms with Crippen molar-refractivity contribution in [2.45, 2.75) is 67.7 Å². The van der Waals surface area contributed by atoms with Gasteiger partial charge in [0, 0.05) is 12.3 Å². The van der Waals surface area contributed by atoms with E-state index in [0.717, 1.165) is 12.8 Å². The second kappa shape index (κ2) is 5.14. The van der Waals surface area contributed by atoms with Crippen molar-refractivity contribution in [3.63, 3.8) is 0 Å². The normalized spacial score (nSPS) is 15.1. The van der Waals surface area contributed by atoms with Gasteiger partial charge < -0.3 is 0 Å². The van der Waals surface area contributed by atoms with Crippen LogP contribution in [0.5, 0.6) is 0 Å². The molecular weight excluding hydrogens is 184 g/mol. The van der Waals surface area contributed by atoms with Crippen molar-refractivity contribution in [1.82, 2.24) is 0 Å². The Kier molecular flexibility index (Phi) is 5.02. The van der Waals surface area contributed by atoms with Crippen LogP contribution in [0.2, 0.25) is 0 Å². The number of Topliss-reactive ketones (excluding diaryl/α,β-unsaturated/α-hetero) is 1. The number of ketones is 1. The van der Waals surface area contributed by atoms with Gasteiger partial charge in [0.25, 0.3) is 0 Å². The second-order valence-electron chi connectivity index (χ2n) is 6.91. The lowest BCUT2D eigenvalue weighted by atomic mass is 9.72. The molecule has 0 saturated heterocycles. The van der Waals surface area contributed by atoms with Crippen LogP contribution in [0.15, 0.2) is 0 Å². The number of carbonyl (C=O) groups excluding carboxylic acids is 1. The van der Waals surface area contributed by atoms with E-state index >= 15 is 0 Å². The molecule has 15 heavy (non-hydrogen) atoms. The Hall–Kier alpha value is -0.330. The van der Waals surface area contributed by atoms with Crippen molar-refractivity contribution in [3.05, 3.63) is 0 Å². The molecule has 0 fully saturated rings. The highest BCUT2D eigenvalue weighted by Gasteiger charge is 2.32. The lowest BCUT2D eigenvalue weighted by Gasteiger charge is -2.31. The predicted octanol–water partition coefficient (Wildman–Crippen LogP) is 4.45. The summed E-state index contributed by atoms with van der Waals surface area (Å²) in [7, 11) is 0. The highest BCUT2D eigenvalue weighted by Crippen LogP contribution is 2.34. The molecule has 0 saturated carbocycles. The Morgan fingerprint density at radius 2 is 1.53 bits per heavy atom. The van der Waals surface area contributed by atoms with Crippen molar-refractivity contribution in [1.29, 1.82) is 0 Å². The van der Waals surface area contributed by atoms with E-state index in [9.17, 15) is 4.79 Å². The van der Waals surface area contributed by atoms with Crippen LogP contribution in [0.3, 0.4) is 0 Å². The minimum atomic E-state index is 0.109. The number of hydrogen-bond donors (Lipinski definition) is 0. The molecule has 0 aliphatic carbocycles. The van der Waals surface area contributed by atoms with Gasteiger partial charge in [-0.25, -0.2) is 0 Å². The Morgan fingerprint density at radius 3 is 1.80 bits per heavy atom. The van der Waals surface area contributed by atoms with Gasteiger partial charge in [0.05, 0.1) is 0 Å². The molecule has 0 spiro atoms. The Morgan fingerprint density at radius 1 is 1.07 bits per heavy atom. The first-order chi connectivity index (χ1) is 6.58. The fourth-order valence-electron chi connectivity index (χ4n) is 2.01. The molecule has 0 N–H and O–H groups in total. The van der Waals surface area contributed by atoms with Crippen molar-refractivity contribution in [2.24, 2.45) is 16.7 Å². The van der Waals surface area contributed by atoms with Crippen molar-refractivity contribution < 1.29 is 4.79 Å². The van der Waals surface area contributed by atoms with Gasteiger partial charge in [0.15, 0.2) is 0 Å². The van der Waals surface area contributed by atoms with Crippen LogP contribution in [0.25, 0.3) is 0 Å². The zero-order valence-corrected chi connectivity index (χ0v) is 11.6. The average molecular weight is 212 g/mol. The topological polar surface area (TPSA) is 17.1 Å². The van der Waals surface area contributed by atoms with Crippen molar-refractivity contribution >= 4 is 5.78 Å². The summed E-state index contributed by atoms with van der Waals surface area (Å²) in [6.07, 6.45) is 2.82. The largest absolute Gasteiger partial charge is 0.299 e. The summed E-state index contributed by atoms with van der Waals surface area (Å²) < 4.78 is 0. The third-order valence-electron chi connectivity index (χ3n) is 2.72. The van der Waals surface area contributed by atoms with Crippen LogP contribution in [-0.4, -0.2) is 5.78 Å². The monoisotopic (exact) mass is 212 g/mol. The number of carbonyl (C=O) groups is 1. The molecular formula is C14H28O. The van der Waals surface area contributed by atoms with Gasteiger partial charge in [-0.1, -0.05) is 54.9 Å². The average Bonchev–Trinajstić information content (AvgIpc) is 1.93. The first-order valence-electron chi connectivity index (χ1n) is 6.10. The first kappa shape index (κ1) is 14.7. The van der Waals surface area contributed by atoms with Crippen LogP contribution in [-0.2, 0) is 4.79 Å². The molecule has 0 bridgehead atoms. The molecule has 0 amide bonds. The van der Waals surface area contributed by atoms with Gasteiger partial charge in [-0.05, 0) is 17.3 Å². The molecule has 0 aromatic carbocycles. The van der Waals surface area contributed by atoms with Gasteiger partial charge in [0.2, 0.25) is 0 Å². The van der Waals surface area contributed by atoms with Gasteiger partial charge >= 0.3 is 0 Å². The predicted molar refractivity (Wildman–Crippen MR) is 66.9 cm³/mol. The van der Waals surface area contributed by atoms with Gasteiger partial charge in [-0.15, -0.1) is 0 Å². The quantitative estimate of drug-likeness (QED) is 0.672. The summed E-state index contributed by atoms with van der Waals surface area (Å²) in [5, 5.41) is 0. The third-order valence-corrected chi connectivity index (χ3v) is 2.72. The third kappa shape index (κ3) is 5.96. The van der Waals surface area contributed by atoms with Crippen molar-refractivity contribution in [2.75, 3.05) is 0 Å². The molecule has 0 aliphatic rings. The van der Waals surface area contributed by atoms with E-state index in [-0.39, 0.29) is 16.7 Å². The number of hydrogen-bond acceptors (Lipinski definition) is 1. The summed E-state index contributed by atoms with van der Waals surface area (Å²) in [4.78, 5) is 12.2. The maximum atomic E-state index is 12.2. The van der Waals surface area contributed by atoms with E-state index in [1.54, 1.807) is 0 Å². The SMILES string of the molecule is CCCC(C(=O)CC(C)(C)C)C(C)(C)C. The van der Waals surface area contributed by atoms with Crippen LogP contribution in [0.4, 0.5) is 0 Å². The first-order valence-corrected chi connectivity index (χ1v) is 6.10. The standard InChI is InChI=1S/C14H28O/c1-8-9-11(14(5,6)7)12(15)10-13(2,3)4/h11H,8-10H2,1-7H3. The minimum absolute atomic E-state index is 0.109. The van der Waals surface area contributed by atoms with Crippen molar-refractivity contribution in [3.8, 4) is 0 Å². The van der Waals surface area contributed by atoms with E-state index in [1.165, 1.54) is 0 Å². The highest BCUT2D eigenvalue weighted by atomic mass is 16.1. The van der Waals surface area contributed by atoms with E-state index in [4.69, 9.17) is 0 Å². The van der Waals surface area contributed by atoms with Crippen LogP contribution in [0.1, 0.15) is 67.7 Å². The summed E-state index contributed by atoms with van der Waals surface area (Å²) in [5.41, 5.74) is 0.229. The lowest BCUT2D eigenvalue weighted by Crippen LogP contribution is -2.31. The van der Waals surface area contributed by atoms with Gasteiger partial charge in [-0.3, -0.25) is 4.79 Å². The van der Waals surface area contributed by atoms with E-state index < -0.39 is 0 Å². The molecule has 1 nitrogen and oxygen atoms in total. The smallest absolute Gasteiger partial charge is 0.137 e. The Bertz CT molecular complexity index is 202. The molecule has 90 valence electrons. The lowest BCUT2D eigenvalue weighted by molar-refractivity contribution is -0.128. The molecule has 0 aliphatic heterocycles. The molecule has 0 heterocycles. The minimum Gasteiger partial charge on any atom is -0.299 e. The van der Waals surface area contributed by atoms with Crippen LogP contribution in [0, 0.1) is 16.7 Å². The van der Waals surface area contributed by atoms with Gasteiger partial charge in [-0.2, -0.15) is 0 Å². The molecule has 0 aromatic heterocycles. The molecule has 0 radical (unpaired) electrons. The molecule has 1 heteroatoms. The summed E-state index contributed by atoms with van der Waals surface area (Å²) in [6.45, 7) is 15.1. The fraction of sp³-hybridized carbons (Fsp3) is 0.929. The summed E-state index contributed by atoms with van der Waals surface area (Å²) in [5.74, 6) is 0.665. The Balaban J connectivity index is 4.58. The fourth-order valence-corrected chi connectivity index (χ4v) is 2.01. The van der Waals surface area contributed by atoms with Crippen LogP contribution >= 0.6 is 0 Å².